The van der Waals surface area contributed by atoms with Crippen molar-refractivity contribution >= 4 is 9.84 Å². The second kappa shape index (κ2) is 5.43. The van der Waals surface area contributed by atoms with Crippen LogP contribution in [0.2, 0.25) is 0 Å². The van der Waals surface area contributed by atoms with Crippen LogP contribution in [0, 0.1) is 0 Å². The molecule has 0 spiro atoms. The van der Waals surface area contributed by atoms with Crippen LogP contribution >= 0.6 is 0 Å². The Bertz CT molecular complexity index is 422. The van der Waals surface area contributed by atoms with Gasteiger partial charge in [0.2, 0.25) is 0 Å². The summed E-state index contributed by atoms with van der Waals surface area (Å²) in [6.07, 6.45) is 1.53. The summed E-state index contributed by atoms with van der Waals surface area (Å²) in [5.41, 5.74) is 0.944. The van der Waals surface area contributed by atoms with Gasteiger partial charge >= 0.3 is 0 Å². The molecule has 4 nitrogen and oxygen atoms in total. The lowest BCUT2D eigenvalue weighted by Gasteiger charge is -2.07. The van der Waals surface area contributed by atoms with Crippen molar-refractivity contribution in [2.45, 2.75) is 23.8 Å². The van der Waals surface area contributed by atoms with Crippen molar-refractivity contribution in [3.8, 4) is 0 Å². The Morgan fingerprint density at radius 3 is 2.25 bits per heavy atom. The normalized spacial score (nSPS) is 13.7. The first kappa shape index (κ1) is 13.2. The van der Waals surface area contributed by atoms with Gasteiger partial charge in [-0.3, -0.25) is 0 Å². The van der Waals surface area contributed by atoms with Crippen molar-refractivity contribution in [2.75, 3.05) is 12.9 Å². The number of aliphatic hydroxyl groups excluding tert-OH is 2. The maximum Gasteiger partial charge on any atom is 0.175 e. The molecule has 1 atom stereocenters. The van der Waals surface area contributed by atoms with Crippen molar-refractivity contribution in [2.24, 2.45) is 0 Å². The van der Waals surface area contributed by atoms with Crippen LogP contribution in [-0.4, -0.2) is 37.6 Å². The standard InChI is InChI=1S/C11H16O4S/c1-16(14,15)11-6-3-9(4-7-11)2-5-10(13)8-12/h3-4,6-7,10,12-13H,2,5,8H2,1H3. The van der Waals surface area contributed by atoms with Crippen LogP contribution in [0.3, 0.4) is 0 Å². The first-order valence-corrected chi connectivity index (χ1v) is 6.90. The van der Waals surface area contributed by atoms with Gasteiger partial charge in [-0.15, -0.1) is 0 Å². The Hall–Kier alpha value is -0.910. The van der Waals surface area contributed by atoms with Crippen molar-refractivity contribution in [1.29, 1.82) is 0 Å². The van der Waals surface area contributed by atoms with Crippen molar-refractivity contribution < 1.29 is 18.6 Å². The summed E-state index contributed by atoms with van der Waals surface area (Å²) >= 11 is 0. The first-order chi connectivity index (χ1) is 7.43. The van der Waals surface area contributed by atoms with Gasteiger partial charge in [-0.05, 0) is 30.5 Å². The summed E-state index contributed by atoms with van der Waals surface area (Å²) in [4.78, 5) is 0.291. The molecule has 1 aromatic carbocycles. The highest BCUT2D eigenvalue weighted by molar-refractivity contribution is 7.90. The van der Waals surface area contributed by atoms with E-state index < -0.39 is 15.9 Å². The van der Waals surface area contributed by atoms with E-state index in [1.807, 2.05) is 0 Å². The lowest BCUT2D eigenvalue weighted by atomic mass is 10.1. The maximum absolute atomic E-state index is 11.2. The zero-order chi connectivity index (χ0) is 12.2. The second-order valence-corrected chi connectivity index (χ2v) is 5.81. The summed E-state index contributed by atoms with van der Waals surface area (Å²) in [7, 11) is -3.14. The number of sulfone groups is 1. The number of rotatable bonds is 5. The molecule has 0 aliphatic heterocycles. The highest BCUT2D eigenvalue weighted by atomic mass is 32.2. The minimum atomic E-state index is -3.14. The summed E-state index contributed by atoms with van der Waals surface area (Å²) in [5, 5.41) is 17.8. The summed E-state index contributed by atoms with van der Waals surface area (Å²) in [6.45, 7) is -0.249. The average molecular weight is 244 g/mol. The number of hydrogen-bond acceptors (Lipinski definition) is 4. The second-order valence-electron chi connectivity index (χ2n) is 3.79. The van der Waals surface area contributed by atoms with E-state index in [9.17, 15) is 8.42 Å². The number of benzene rings is 1. The molecule has 0 saturated carbocycles. The van der Waals surface area contributed by atoms with E-state index in [1.54, 1.807) is 24.3 Å². The van der Waals surface area contributed by atoms with Gasteiger partial charge in [-0.2, -0.15) is 0 Å². The molecule has 1 rings (SSSR count). The van der Waals surface area contributed by atoms with E-state index in [4.69, 9.17) is 10.2 Å². The first-order valence-electron chi connectivity index (χ1n) is 5.01. The molecule has 0 heterocycles. The van der Waals surface area contributed by atoms with Gasteiger partial charge < -0.3 is 10.2 Å². The monoisotopic (exact) mass is 244 g/mol. The zero-order valence-electron chi connectivity index (χ0n) is 9.13. The Morgan fingerprint density at radius 1 is 1.25 bits per heavy atom. The number of aryl methyl sites for hydroxylation is 1. The fourth-order valence-corrected chi connectivity index (χ4v) is 1.96. The van der Waals surface area contributed by atoms with Crippen LogP contribution in [0.15, 0.2) is 29.2 Å². The van der Waals surface area contributed by atoms with E-state index in [2.05, 4.69) is 0 Å². The van der Waals surface area contributed by atoms with E-state index in [-0.39, 0.29) is 6.61 Å². The van der Waals surface area contributed by atoms with Crippen molar-refractivity contribution in [3.63, 3.8) is 0 Å². The molecule has 0 aliphatic carbocycles. The zero-order valence-corrected chi connectivity index (χ0v) is 9.94. The van der Waals surface area contributed by atoms with Gasteiger partial charge in [0.25, 0.3) is 0 Å². The molecule has 1 aromatic rings. The van der Waals surface area contributed by atoms with Crippen LogP contribution < -0.4 is 0 Å². The third-order valence-electron chi connectivity index (χ3n) is 2.33. The third kappa shape index (κ3) is 3.92. The SMILES string of the molecule is CS(=O)(=O)c1ccc(CCC(O)CO)cc1. The highest BCUT2D eigenvalue weighted by Crippen LogP contribution is 2.12. The molecule has 2 N–H and O–H groups in total. The van der Waals surface area contributed by atoms with Gasteiger partial charge in [0, 0.05) is 6.26 Å². The molecule has 0 radical (unpaired) electrons. The molecule has 5 heteroatoms. The van der Waals surface area contributed by atoms with Crippen LogP contribution in [-0.2, 0) is 16.3 Å². The maximum atomic E-state index is 11.2. The van der Waals surface area contributed by atoms with E-state index in [0.717, 1.165) is 11.8 Å². The summed E-state index contributed by atoms with van der Waals surface area (Å²) in [5.74, 6) is 0. The minimum absolute atomic E-state index is 0.249. The Labute approximate surface area is 95.5 Å². The van der Waals surface area contributed by atoms with Crippen molar-refractivity contribution in [1.82, 2.24) is 0 Å². The predicted octanol–water partition coefficient (Wildman–Crippen LogP) is 0.376. The minimum Gasteiger partial charge on any atom is -0.394 e. The fraction of sp³-hybridized carbons (Fsp3) is 0.455. The molecule has 0 saturated heterocycles. The van der Waals surface area contributed by atoms with E-state index in [1.165, 1.54) is 0 Å². The summed E-state index contributed by atoms with van der Waals surface area (Å²) in [6, 6.07) is 6.55. The lowest BCUT2D eigenvalue weighted by molar-refractivity contribution is 0.0886. The van der Waals surface area contributed by atoms with Crippen LogP contribution in [0.4, 0.5) is 0 Å². The van der Waals surface area contributed by atoms with Gasteiger partial charge in [-0.1, -0.05) is 12.1 Å². The molecule has 90 valence electrons. The Balaban J connectivity index is 2.66. The molecular weight excluding hydrogens is 228 g/mol. The van der Waals surface area contributed by atoms with E-state index in [0.29, 0.717) is 17.7 Å². The number of aliphatic hydroxyl groups is 2. The van der Waals surface area contributed by atoms with E-state index >= 15 is 0 Å². The van der Waals surface area contributed by atoms with Gasteiger partial charge in [0.15, 0.2) is 9.84 Å². The van der Waals surface area contributed by atoms with Crippen LogP contribution in [0.5, 0.6) is 0 Å². The molecule has 16 heavy (non-hydrogen) atoms. The Kier molecular flexibility index (Phi) is 4.46. The van der Waals surface area contributed by atoms with Gasteiger partial charge in [0.1, 0.15) is 0 Å². The fourth-order valence-electron chi connectivity index (χ4n) is 1.33. The topological polar surface area (TPSA) is 74.6 Å². The van der Waals surface area contributed by atoms with Crippen LogP contribution in [0.1, 0.15) is 12.0 Å². The summed E-state index contributed by atoms with van der Waals surface area (Å²) < 4.78 is 22.4. The number of hydrogen-bond donors (Lipinski definition) is 2. The largest absolute Gasteiger partial charge is 0.394 e. The smallest absolute Gasteiger partial charge is 0.175 e. The van der Waals surface area contributed by atoms with Gasteiger partial charge in [0.05, 0.1) is 17.6 Å². The predicted molar refractivity (Wildman–Crippen MR) is 61.0 cm³/mol. The molecule has 0 bridgehead atoms. The molecular formula is C11H16O4S. The Morgan fingerprint density at radius 2 is 1.81 bits per heavy atom. The molecule has 1 unspecified atom stereocenters. The highest BCUT2D eigenvalue weighted by Gasteiger charge is 2.07. The lowest BCUT2D eigenvalue weighted by Crippen LogP contribution is -2.12. The third-order valence-corrected chi connectivity index (χ3v) is 3.46. The van der Waals surface area contributed by atoms with Gasteiger partial charge in [-0.25, -0.2) is 8.42 Å². The van der Waals surface area contributed by atoms with Crippen molar-refractivity contribution in [3.05, 3.63) is 29.8 Å². The molecule has 0 aromatic heterocycles. The molecule has 0 amide bonds. The quantitative estimate of drug-likeness (QED) is 0.785. The van der Waals surface area contributed by atoms with Crippen LogP contribution in [0.25, 0.3) is 0 Å². The molecule has 0 fully saturated rings. The molecule has 0 aliphatic rings. The average Bonchev–Trinajstić information content (AvgIpc) is 2.25.